The van der Waals surface area contributed by atoms with Gasteiger partial charge in [-0.1, -0.05) is 35.0 Å². The van der Waals surface area contributed by atoms with Crippen LogP contribution in [0.3, 0.4) is 0 Å². The van der Waals surface area contributed by atoms with E-state index in [-0.39, 0.29) is 18.2 Å². The average Bonchev–Trinajstić information content (AvgIpc) is 3.21. The van der Waals surface area contributed by atoms with Crippen molar-refractivity contribution in [3.63, 3.8) is 0 Å². The molecule has 3 heterocycles. The van der Waals surface area contributed by atoms with Crippen molar-refractivity contribution in [1.29, 1.82) is 0 Å². The summed E-state index contributed by atoms with van der Waals surface area (Å²) in [6.45, 7) is 4.21. The number of fused-ring (bicyclic) bond motifs is 3. The molecule has 1 N–H and O–H groups in total. The number of carbonyl (C=O) groups is 1. The Morgan fingerprint density at radius 3 is 3.04 bits per heavy atom. The zero-order chi connectivity index (χ0) is 16.7. The second kappa shape index (κ2) is 5.72. The molecule has 7 nitrogen and oxygen atoms in total. The molecule has 1 aromatic carbocycles. The number of hydrogen-bond donors (Lipinski definition) is 1. The van der Waals surface area contributed by atoms with E-state index in [0.29, 0.717) is 16.5 Å². The van der Waals surface area contributed by atoms with Crippen LogP contribution in [0, 0.1) is 6.92 Å². The van der Waals surface area contributed by atoms with Crippen LogP contribution in [0.2, 0.25) is 0 Å². The number of aromatic nitrogens is 3. The van der Waals surface area contributed by atoms with E-state index in [1.54, 1.807) is 0 Å². The standard InChI is InChI=1S/C16H14N4O3S/c1-3-12-18-19-16(24-12)17-15(21)13-10-7-22-11-5-4-8(2)6-9(11)14(10)23-20-13/h4-6H,3,7H2,1-2H3,(H,17,19,21). The lowest BCUT2D eigenvalue weighted by atomic mass is 10.0. The molecule has 1 aliphatic rings. The van der Waals surface area contributed by atoms with Crippen LogP contribution in [0.4, 0.5) is 5.13 Å². The molecule has 3 aromatic rings. The van der Waals surface area contributed by atoms with Gasteiger partial charge in [0.25, 0.3) is 5.91 Å². The minimum atomic E-state index is -0.376. The van der Waals surface area contributed by atoms with Crippen molar-refractivity contribution >= 4 is 22.4 Å². The van der Waals surface area contributed by atoms with Crippen molar-refractivity contribution in [1.82, 2.24) is 15.4 Å². The van der Waals surface area contributed by atoms with E-state index >= 15 is 0 Å². The maximum absolute atomic E-state index is 12.5. The van der Waals surface area contributed by atoms with Gasteiger partial charge < -0.3 is 9.26 Å². The van der Waals surface area contributed by atoms with Gasteiger partial charge in [0.05, 0.1) is 11.1 Å². The summed E-state index contributed by atoms with van der Waals surface area (Å²) < 4.78 is 11.2. The third-order valence-electron chi connectivity index (χ3n) is 3.74. The topological polar surface area (TPSA) is 90.1 Å². The minimum absolute atomic E-state index is 0.213. The van der Waals surface area contributed by atoms with Crippen LogP contribution in [0.1, 0.15) is 33.5 Å². The van der Waals surface area contributed by atoms with Crippen LogP contribution in [0.5, 0.6) is 5.75 Å². The van der Waals surface area contributed by atoms with E-state index < -0.39 is 0 Å². The van der Waals surface area contributed by atoms with Crippen LogP contribution in [0.25, 0.3) is 11.3 Å². The monoisotopic (exact) mass is 342 g/mol. The fourth-order valence-electron chi connectivity index (χ4n) is 2.53. The zero-order valence-corrected chi connectivity index (χ0v) is 13.9. The predicted octanol–water partition coefficient (Wildman–Crippen LogP) is 3.21. The van der Waals surface area contributed by atoms with Gasteiger partial charge in [0, 0.05) is 0 Å². The predicted molar refractivity (Wildman–Crippen MR) is 88.2 cm³/mol. The number of anilines is 1. The molecule has 0 saturated carbocycles. The van der Waals surface area contributed by atoms with Gasteiger partial charge in [-0.05, 0) is 25.5 Å². The van der Waals surface area contributed by atoms with Crippen LogP contribution in [-0.2, 0) is 13.0 Å². The van der Waals surface area contributed by atoms with Crippen molar-refractivity contribution in [2.75, 3.05) is 5.32 Å². The summed E-state index contributed by atoms with van der Waals surface area (Å²) in [4.78, 5) is 12.5. The Bertz CT molecular complexity index is 931. The molecule has 122 valence electrons. The largest absolute Gasteiger partial charge is 0.488 e. The number of ether oxygens (including phenoxy) is 1. The number of rotatable bonds is 3. The van der Waals surface area contributed by atoms with Crippen LogP contribution < -0.4 is 10.1 Å². The lowest BCUT2D eigenvalue weighted by Crippen LogP contribution is -2.16. The van der Waals surface area contributed by atoms with E-state index in [2.05, 4.69) is 20.7 Å². The zero-order valence-electron chi connectivity index (χ0n) is 13.1. The Balaban J connectivity index is 1.65. The summed E-state index contributed by atoms with van der Waals surface area (Å²) in [7, 11) is 0. The van der Waals surface area contributed by atoms with Crippen molar-refractivity contribution in [2.45, 2.75) is 26.9 Å². The highest BCUT2D eigenvalue weighted by Gasteiger charge is 2.29. The maximum atomic E-state index is 12.5. The summed E-state index contributed by atoms with van der Waals surface area (Å²) in [6.07, 6.45) is 0.775. The molecular formula is C16H14N4O3S. The number of amides is 1. The van der Waals surface area contributed by atoms with E-state index in [9.17, 15) is 4.79 Å². The van der Waals surface area contributed by atoms with Crippen LogP contribution in [-0.4, -0.2) is 21.3 Å². The molecule has 0 atom stereocenters. The fourth-order valence-corrected chi connectivity index (χ4v) is 3.21. The van der Waals surface area contributed by atoms with Gasteiger partial charge >= 0.3 is 0 Å². The smallest absolute Gasteiger partial charge is 0.280 e. The number of benzene rings is 1. The minimum Gasteiger partial charge on any atom is -0.488 e. The Morgan fingerprint density at radius 2 is 2.25 bits per heavy atom. The Morgan fingerprint density at radius 1 is 1.38 bits per heavy atom. The van der Waals surface area contributed by atoms with Crippen molar-refractivity contribution < 1.29 is 14.1 Å². The van der Waals surface area contributed by atoms with Gasteiger partial charge in [-0.25, -0.2) is 0 Å². The van der Waals surface area contributed by atoms with E-state index in [1.165, 1.54) is 11.3 Å². The quantitative estimate of drug-likeness (QED) is 0.786. The number of aryl methyl sites for hydroxylation is 2. The van der Waals surface area contributed by atoms with Crippen LogP contribution >= 0.6 is 11.3 Å². The highest BCUT2D eigenvalue weighted by Crippen LogP contribution is 2.39. The molecule has 0 saturated heterocycles. The van der Waals surface area contributed by atoms with Crippen LogP contribution in [0.15, 0.2) is 22.7 Å². The SMILES string of the molecule is CCc1nnc(NC(=O)c2noc3c2COc2ccc(C)cc2-3)s1. The molecule has 0 bridgehead atoms. The van der Waals surface area contributed by atoms with Crippen molar-refractivity contribution in [3.8, 4) is 17.1 Å². The maximum Gasteiger partial charge on any atom is 0.280 e. The normalized spacial score (nSPS) is 12.2. The fraction of sp³-hybridized carbons (Fsp3) is 0.250. The molecule has 1 amide bonds. The molecule has 0 fully saturated rings. The number of carbonyl (C=O) groups excluding carboxylic acids is 1. The van der Waals surface area contributed by atoms with E-state index in [4.69, 9.17) is 9.26 Å². The molecular weight excluding hydrogens is 328 g/mol. The molecule has 0 aliphatic carbocycles. The third-order valence-corrected chi connectivity index (χ3v) is 4.73. The Labute approximate surface area is 141 Å². The molecule has 8 heteroatoms. The van der Waals surface area contributed by atoms with Gasteiger partial charge in [-0.15, -0.1) is 10.2 Å². The third kappa shape index (κ3) is 2.44. The molecule has 2 aromatic heterocycles. The Hall–Kier alpha value is -2.74. The Kier molecular flexibility index (Phi) is 3.53. The van der Waals surface area contributed by atoms with E-state index in [1.807, 2.05) is 32.0 Å². The van der Waals surface area contributed by atoms with Gasteiger partial charge in [0.15, 0.2) is 11.5 Å². The first-order chi connectivity index (χ1) is 11.7. The van der Waals surface area contributed by atoms with E-state index in [0.717, 1.165) is 28.3 Å². The highest BCUT2D eigenvalue weighted by atomic mass is 32.1. The average molecular weight is 342 g/mol. The van der Waals surface area contributed by atoms with Gasteiger partial charge in [0.2, 0.25) is 5.13 Å². The molecule has 0 unspecified atom stereocenters. The molecule has 4 rings (SSSR count). The first kappa shape index (κ1) is 14.8. The molecule has 0 spiro atoms. The summed E-state index contributed by atoms with van der Waals surface area (Å²) in [5, 5.41) is 15.9. The number of nitrogens with one attached hydrogen (secondary N) is 1. The summed E-state index contributed by atoms with van der Waals surface area (Å²) in [5.74, 6) is 0.933. The molecule has 24 heavy (non-hydrogen) atoms. The second-order valence-electron chi connectivity index (χ2n) is 5.44. The van der Waals surface area contributed by atoms with Gasteiger partial charge in [-0.3, -0.25) is 10.1 Å². The number of hydrogen-bond acceptors (Lipinski definition) is 7. The lowest BCUT2D eigenvalue weighted by Gasteiger charge is -2.16. The molecule has 1 aliphatic heterocycles. The van der Waals surface area contributed by atoms with Gasteiger partial charge in [-0.2, -0.15) is 0 Å². The second-order valence-corrected chi connectivity index (χ2v) is 6.50. The van der Waals surface area contributed by atoms with Crippen molar-refractivity contribution in [2.24, 2.45) is 0 Å². The lowest BCUT2D eigenvalue weighted by molar-refractivity contribution is 0.101. The first-order valence-corrected chi connectivity index (χ1v) is 8.33. The number of nitrogens with zero attached hydrogens (tertiary/aromatic N) is 3. The summed E-state index contributed by atoms with van der Waals surface area (Å²) in [6, 6.07) is 5.82. The highest BCUT2D eigenvalue weighted by molar-refractivity contribution is 7.15. The van der Waals surface area contributed by atoms with Gasteiger partial charge in [0.1, 0.15) is 17.4 Å². The first-order valence-electron chi connectivity index (χ1n) is 7.51. The van der Waals surface area contributed by atoms with Crippen molar-refractivity contribution in [3.05, 3.63) is 40.0 Å². The summed E-state index contributed by atoms with van der Waals surface area (Å²) in [5.41, 5.74) is 2.75. The summed E-state index contributed by atoms with van der Waals surface area (Å²) >= 11 is 1.34. The molecule has 0 radical (unpaired) electrons.